The first kappa shape index (κ1) is 19.2. The molecule has 5 nitrogen and oxygen atoms in total. The zero-order chi connectivity index (χ0) is 17.4. The number of likely N-dealkylation sites (tertiary alicyclic amines) is 2. The maximum atomic E-state index is 13.2. The van der Waals surface area contributed by atoms with Crippen molar-refractivity contribution in [1.29, 1.82) is 0 Å². The quantitative estimate of drug-likeness (QED) is 0.860. The van der Waals surface area contributed by atoms with Crippen LogP contribution < -0.4 is 5.73 Å². The highest BCUT2D eigenvalue weighted by Gasteiger charge is 2.48. The Hall–Kier alpha value is -1.59. The molecule has 142 valence electrons. The molecule has 1 aliphatic carbocycles. The number of amides is 2. The van der Waals surface area contributed by atoms with Crippen LogP contribution in [0.5, 0.6) is 0 Å². The molecule has 1 saturated carbocycles. The van der Waals surface area contributed by atoms with Crippen LogP contribution in [0.25, 0.3) is 0 Å². The van der Waals surface area contributed by atoms with Crippen molar-refractivity contribution >= 4 is 24.2 Å². The molecule has 0 bridgehead atoms. The molecule has 0 spiro atoms. The van der Waals surface area contributed by atoms with Crippen molar-refractivity contribution in [2.75, 3.05) is 13.1 Å². The average Bonchev–Trinajstić information content (AvgIpc) is 3.25. The highest BCUT2D eigenvalue weighted by atomic mass is 35.5. The molecule has 0 aromatic heterocycles. The van der Waals surface area contributed by atoms with Gasteiger partial charge in [-0.3, -0.25) is 9.59 Å². The van der Waals surface area contributed by atoms with Crippen LogP contribution in [0.2, 0.25) is 0 Å². The zero-order valence-corrected chi connectivity index (χ0v) is 15.9. The smallest absolute Gasteiger partial charge is 0.254 e. The SMILES string of the molecule is Cl.N[C@@H]1CCN(C(=O)C2CC3CCCCC3N2C(=O)c2ccccc2)C1. The van der Waals surface area contributed by atoms with Gasteiger partial charge in [-0.05, 0) is 43.7 Å². The average molecular weight is 378 g/mol. The van der Waals surface area contributed by atoms with Gasteiger partial charge in [-0.25, -0.2) is 0 Å². The number of nitrogens with zero attached hydrogens (tertiary/aromatic N) is 2. The molecule has 4 rings (SSSR count). The van der Waals surface area contributed by atoms with Crippen molar-refractivity contribution in [2.45, 2.75) is 56.7 Å². The van der Waals surface area contributed by atoms with Gasteiger partial charge in [-0.15, -0.1) is 12.4 Å². The Morgan fingerprint density at radius 1 is 1.04 bits per heavy atom. The fourth-order valence-electron chi connectivity index (χ4n) is 4.90. The summed E-state index contributed by atoms with van der Waals surface area (Å²) < 4.78 is 0. The van der Waals surface area contributed by atoms with Crippen molar-refractivity contribution in [1.82, 2.24) is 9.80 Å². The van der Waals surface area contributed by atoms with Gasteiger partial charge in [-0.1, -0.05) is 31.0 Å². The van der Waals surface area contributed by atoms with E-state index in [2.05, 4.69) is 0 Å². The maximum absolute atomic E-state index is 13.2. The molecule has 2 heterocycles. The van der Waals surface area contributed by atoms with Crippen molar-refractivity contribution in [3.05, 3.63) is 35.9 Å². The van der Waals surface area contributed by atoms with E-state index in [0.29, 0.717) is 18.0 Å². The Morgan fingerprint density at radius 3 is 2.46 bits per heavy atom. The number of nitrogens with two attached hydrogens (primary N) is 1. The molecule has 6 heteroatoms. The standard InChI is InChI=1S/C20H27N3O2.ClH/c21-16-10-11-22(13-16)20(25)18-12-15-8-4-5-9-17(15)23(18)19(24)14-6-2-1-3-7-14;/h1-3,6-7,15-18H,4-5,8-13,21H2;1H/t15?,16-,17?,18?;/m1./s1. The normalized spacial score (nSPS) is 30.7. The fraction of sp³-hybridized carbons (Fsp3) is 0.600. The first-order valence-electron chi connectivity index (χ1n) is 9.57. The molecule has 2 saturated heterocycles. The number of benzene rings is 1. The van der Waals surface area contributed by atoms with E-state index in [0.717, 1.165) is 38.6 Å². The van der Waals surface area contributed by atoms with Gasteiger partial charge in [0.25, 0.3) is 5.91 Å². The second kappa shape index (κ2) is 7.97. The molecule has 1 aromatic carbocycles. The monoisotopic (exact) mass is 377 g/mol. The first-order chi connectivity index (χ1) is 12.1. The Labute approximate surface area is 161 Å². The Morgan fingerprint density at radius 2 is 1.77 bits per heavy atom. The predicted octanol–water partition coefficient (Wildman–Crippen LogP) is 2.44. The molecule has 26 heavy (non-hydrogen) atoms. The minimum atomic E-state index is -0.314. The summed E-state index contributed by atoms with van der Waals surface area (Å²) in [6.45, 7) is 1.34. The van der Waals surface area contributed by atoms with Crippen molar-refractivity contribution < 1.29 is 9.59 Å². The summed E-state index contributed by atoms with van der Waals surface area (Å²) in [5.74, 6) is 0.579. The van der Waals surface area contributed by atoms with Gasteiger partial charge in [0.15, 0.2) is 0 Å². The van der Waals surface area contributed by atoms with Gasteiger partial charge in [0.2, 0.25) is 5.91 Å². The summed E-state index contributed by atoms with van der Waals surface area (Å²) in [7, 11) is 0. The maximum Gasteiger partial charge on any atom is 0.254 e. The van der Waals surface area contributed by atoms with Crippen molar-refractivity contribution in [3.63, 3.8) is 0 Å². The summed E-state index contributed by atoms with van der Waals surface area (Å²) in [5, 5.41) is 0. The summed E-state index contributed by atoms with van der Waals surface area (Å²) >= 11 is 0. The van der Waals surface area contributed by atoms with Crippen LogP contribution in [-0.4, -0.2) is 52.8 Å². The number of hydrogen-bond acceptors (Lipinski definition) is 3. The number of rotatable bonds is 2. The number of hydrogen-bond donors (Lipinski definition) is 1. The van der Waals surface area contributed by atoms with Crippen molar-refractivity contribution in [3.8, 4) is 0 Å². The third-order valence-electron chi connectivity index (χ3n) is 6.16. The van der Waals surface area contributed by atoms with Gasteiger partial charge in [0.05, 0.1) is 0 Å². The number of fused-ring (bicyclic) bond motifs is 1. The first-order valence-corrected chi connectivity index (χ1v) is 9.57. The van der Waals surface area contributed by atoms with Crippen LogP contribution in [0.4, 0.5) is 0 Å². The minimum absolute atomic E-state index is 0. The third-order valence-corrected chi connectivity index (χ3v) is 6.16. The lowest BCUT2D eigenvalue weighted by molar-refractivity contribution is -0.134. The van der Waals surface area contributed by atoms with E-state index in [1.54, 1.807) is 0 Å². The molecule has 2 aliphatic heterocycles. The molecule has 4 atom stereocenters. The van der Waals surface area contributed by atoms with Crippen molar-refractivity contribution in [2.24, 2.45) is 11.7 Å². The van der Waals surface area contributed by atoms with E-state index in [1.807, 2.05) is 40.1 Å². The van der Waals surface area contributed by atoms with Gasteiger partial charge < -0.3 is 15.5 Å². The summed E-state index contributed by atoms with van der Waals surface area (Å²) in [6.07, 6.45) is 6.18. The minimum Gasteiger partial charge on any atom is -0.339 e. The number of carbonyl (C=O) groups is 2. The lowest BCUT2D eigenvalue weighted by Crippen LogP contribution is -2.50. The highest BCUT2D eigenvalue weighted by Crippen LogP contribution is 2.41. The molecule has 3 unspecified atom stereocenters. The van der Waals surface area contributed by atoms with Gasteiger partial charge in [0.1, 0.15) is 6.04 Å². The van der Waals surface area contributed by atoms with E-state index in [4.69, 9.17) is 5.73 Å². The van der Waals surface area contributed by atoms with E-state index in [-0.39, 0.29) is 42.3 Å². The van der Waals surface area contributed by atoms with Crippen LogP contribution in [0.15, 0.2) is 30.3 Å². The van der Waals surface area contributed by atoms with Crippen LogP contribution >= 0.6 is 12.4 Å². The molecular weight excluding hydrogens is 350 g/mol. The Balaban J connectivity index is 0.00000196. The number of carbonyl (C=O) groups excluding carboxylic acids is 2. The third kappa shape index (κ3) is 3.47. The predicted molar refractivity (Wildman–Crippen MR) is 103 cm³/mol. The molecule has 3 aliphatic rings. The van der Waals surface area contributed by atoms with E-state index in [1.165, 1.54) is 6.42 Å². The Bertz CT molecular complexity index is 654. The molecule has 3 fully saturated rings. The summed E-state index contributed by atoms with van der Waals surface area (Å²) in [6, 6.07) is 9.37. The van der Waals surface area contributed by atoms with Gasteiger partial charge >= 0.3 is 0 Å². The highest BCUT2D eigenvalue weighted by molar-refractivity contribution is 5.98. The zero-order valence-electron chi connectivity index (χ0n) is 15.0. The van der Waals surface area contributed by atoms with E-state index < -0.39 is 0 Å². The molecule has 2 N–H and O–H groups in total. The summed E-state index contributed by atoms with van der Waals surface area (Å²) in [5.41, 5.74) is 6.67. The lowest BCUT2D eigenvalue weighted by atomic mass is 9.84. The second-order valence-electron chi connectivity index (χ2n) is 7.77. The Kier molecular flexibility index (Phi) is 5.88. The van der Waals surface area contributed by atoms with Crippen LogP contribution in [0, 0.1) is 5.92 Å². The number of halogens is 1. The van der Waals surface area contributed by atoms with E-state index in [9.17, 15) is 9.59 Å². The largest absolute Gasteiger partial charge is 0.339 e. The molecule has 0 radical (unpaired) electrons. The van der Waals surface area contributed by atoms with Crippen LogP contribution in [-0.2, 0) is 4.79 Å². The molecule has 1 aromatic rings. The van der Waals surface area contributed by atoms with Crippen LogP contribution in [0.3, 0.4) is 0 Å². The van der Waals surface area contributed by atoms with Gasteiger partial charge in [0, 0.05) is 30.7 Å². The second-order valence-corrected chi connectivity index (χ2v) is 7.77. The summed E-state index contributed by atoms with van der Waals surface area (Å²) in [4.78, 5) is 30.2. The van der Waals surface area contributed by atoms with Gasteiger partial charge in [-0.2, -0.15) is 0 Å². The van der Waals surface area contributed by atoms with E-state index >= 15 is 0 Å². The topological polar surface area (TPSA) is 66.6 Å². The fourth-order valence-corrected chi connectivity index (χ4v) is 4.90. The van der Waals surface area contributed by atoms with Crippen LogP contribution in [0.1, 0.15) is 48.9 Å². The molecule has 2 amide bonds. The molecular formula is C20H28ClN3O2. The lowest BCUT2D eigenvalue weighted by Gasteiger charge is -2.34.